The van der Waals surface area contributed by atoms with E-state index in [4.69, 9.17) is 4.74 Å². The van der Waals surface area contributed by atoms with E-state index in [1.54, 1.807) is 0 Å². The van der Waals surface area contributed by atoms with Gasteiger partial charge >= 0.3 is 0 Å². The quantitative estimate of drug-likeness (QED) is 0.817. The first-order valence-electron chi connectivity index (χ1n) is 7.09. The van der Waals surface area contributed by atoms with E-state index in [2.05, 4.69) is 26.0 Å². The van der Waals surface area contributed by atoms with Crippen LogP contribution < -0.4 is 0 Å². The van der Waals surface area contributed by atoms with E-state index in [1.165, 1.54) is 0 Å². The van der Waals surface area contributed by atoms with Crippen LogP contribution in [0.15, 0.2) is 30.3 Å². The third kappa shape index (κ3) is 1.71. The first-order chi connectivity index (χ1) is 9.06. The van der Waals surface area contributed by atoms with Gasteiger partial charge in [0.05, 0.1) is 12.6 Å². The van der Waals surface area contributed by atoms with Crippen LogP contribution in [0.1, 0.15) is 32.8 Å². The third-order valence-electron chi connectivity index (χ3n) is 4.45. The van der Waals surface area contributed by atoms with Gasteiger partial charge in [-0.3, -0.25) is 4.79 Å². The largest absolute Gasteiger partial charge is 0.349 e. The van der Waals surface area contributed by atoms with E-state index in [0.717, 1.165) is 12.0 Å². The Morgan fingerprint density at radius 1 is 1.32 bits per heavy atom. The number of hydrogen-bond donors (Lipinski definition) is 0. The zero-order chi connectivity index (χ0) is 13.6. The monoisotopic (exact) mass is 259 g/mol. The van der Waals surface area contributed by atoms with Crippen LogP contribution in [0.25, 0.3) is 0 Å². The fraction of sp³-hybridized carbons (Fsp3) is 0.562. The van der Waals surface area contributed by atoms with Crippen molar-refractivity contribution in [3.8, 4) is 0 Å². The molecule has 3 atom stereocenters. The van der Waals surface area contributed by atoms with E-state index in [0.29, 0.717) is 12.5 Å². The Morgan fingerprint density at radius 3 is 2.63 bits per heavy atom. The first-order valence-corrected chi connectivity index (χ1v) is 7.09. The van der Waals surface area contributed by atoms with Gasteiger partial charge in [0.15, 0.2) is 5.72 Å². The molecule has 3 heteroatoms. The van der Waals surface area contributed by atoms with Crippen LogP contribution in [-0.4, -0.2) is 23.5 Å². The van der Waals surface area contributed by atoms with E-state index in [9.17, 15) is 4.79 Å². The molecule has 3 rings (SSSR count). The van der Waals surface area contributed by atoms with Gasteiger partial charge in [0.25, 0.3) is 0 Å². The molecular weight excluding hydrogens is 238 g/mol. The molecule has 0 spiro atoms. The van der Waals surface area contributed by atoms with Crippen LogP contribution >= 0.6 is 0 Å². The molecule has 0 N–H and O–H groups in total. The van der Waals surface area contributed by atoms with Crippen molar-refractivity contribution in [1.29, 1.82) is 0 Å². The number of rotatable bonds is 2. The number of carbonyl (C=O) groups excluding carboxylic acids is 1. The molecule has 1 aromatic carbocycles. The summed E-state index contributed by atoms with van der Waals surface area (Å²) in [5.41, 5.74) is 0.586. The van der Waals surface area contributed by atoms with Crippen LogP contribution in [0.5, 0.6) is 0 Å². The molecule has 2 saturated heterocycles. The number of carbonyl (C=O) groups is 1. The zero-order valence-electron chi connectivity index (χ0n) is 11.8. The Morgan fingerprint density at radius 2 is 2.00 bits per heavy atom. The second-order valence-electron chi connectivity index (χ2n) is 6.09. The van der Waals surface area contributed by atoms with Crippen molar-refractivity contribution in [1.82, 2.24) is 4.90 Å². The summed E-state index contributed by atoms with van der Waals surface area (Å²) >= 11 is 0. The fourth-order valence-electron chi connectivity index (χ4n) is 3.40. The van der Waals surface area contributed by atoms with Crippen molar-refractivity contribution in [3.63, 3.8) is 0 Å². The number of benzene rings is 1. The zero-order valence-corrected chi connectivity index (χ0v) is 11.8. The third-order valence-corrected chi connectivity index (χ3v) is 4.45. The summed E-state index contributed by atoms with van der Waals surface area (Å²) in [7, 11) is 0. The average molecular weight is 259 g/mol. The smallest absolute Gasteiger partial charge is 0.228 e. The highest BCUT2D eigenvalue weighted by atomic mass is 16.5. The minimum Gasteiger partial charge on any atom is -0.349 e. The normalized spacial score (nSPS) is 34.1. The predicted octanol–water partition coefficient (Wildman–Crippen LogP) is 2.76. The van der Waals surface area contributed by atoms with Gasteiger partial charge in [0.2, 0.25) is 5.91 Å². The van der Waals surface area contributed by atoms with E-state index < -0.39 is 5.72 Å². The Bertz CT molecular complexity index is 485. The van der Waals surface area contributed by atoms with Crippen molar-refractivity contribution in [2.24, 2.45) is 11.8 Å². The molecule has 2 heterocycles. The van der Waals surface area contributed by atoms with Crippen molar-refractivity contribution >= 4 is 5.91 Å². The molecular formula is C16H21NO2. The first kappa shape index (κ1) is 12.7. The van der Waals surface area contributed by atoms with E-state index >= 15 is 0 Å². The maximum atomic E-state index is 12.5. The lowest BCUT2D eigenvalue weighted by molar-refractivity contribution is -0.141. The number of nitrogens with zero attached hydrogens (tertiary/aromatic N) is 1. The lowest BCUT2D eigenvalue weighted by Crippen LogP contribution is -2.45. The standard InChI is InChI=1S/C16H21NO2/c1-11(2)14-10-19-16(13-7-5-4-6-8-13)9-12(3)15(18)17(14)16/h4-8,11-12,14H,9-10H2,1-3H3/t12-,14-,16+/m1/s1. The molecule has 3 nitrogen and oxygen atoms in total. The second-order valence-corrected chi connectivity index (χ2v) is 6.09. The molecule has 0 aromatic heterocycles. The van der Waals surface area contributed by atoms with Crippen LogP contribution in [0, 0.1) is 11.8 Å². The van der Waals surface area contributed by atoms with Crippen LogP contribution in [0.4, 0.5) is 0 Å². The molecule has 1 aromatic rings. The molecule has 0 aliphatic carbocycles. The van der Waals surface area contributed by atoms with E-state index in [-0.39, 0.29) is 17.9 Å². The molecule has 2 aliphatic heterocycles. The van der Waals surface area contributed by atoms with Gasteiger partial charge in [-0.15, -0.1) is 0 Å². The van der Waals surface area contributed by atoms with Crippen LogP contribution in [0.3, 0.4) is 0 Å². The van der Waals surface area contributed by atoms with Crippen molar-refractivity contribution < 1.29 is 9.53 Å². The molecule has 0 saturated carbocycles. The van der Waals surface area contributed by atoms with Crippen molar-refractivity contribution in [2.75, 3.05) is 6.61 Å². The maximum Gasteiger partial charge on any atom is 0.228 e. The Hall–Kier alpha value is -1.35. The molecule has 2 aliphatic rings. The van der Waals surface area contributed by atoms with Crippen LogP contribution in [-0.2, 0) is 15.3 Å². The number of ether oxygens (including phenoxy) is 1. The topological polar surface area (TPSA) is 29.5 Å². The maximum absolute atomic E-state index is 12.5. The summed E-state index contributed by atoms with van der Waals surface area (Å²) < 4.78 is 6.17. The van der Waals surface area contributed by atoms with Gasteiger partial charge in [-0.2, -0.15) is 0 Å². The molecule has 19 heavy (non-hydrogen) atoms. The van der Waals surface area contributed by atoms with Crippen molar-refractivity contribution in [3.05, 3.63) is 35.9 Å². The van der Waals surface area contributed by atoms with Gasteiger partial charge in [-0.1, -0.05) is 51.1 Å². The minimum absolute atomic E-state index is 0.0433. The summed E-state index contributed by atoms with van der Waals surface area (Å²) in [6.45, 7) is 6.97. The van der Waals surface area contributed by atoms with Gasteiger partial charge in [-0.05, 0) is 5.92 Å². The average Bonchev–Trinajstić information content (AvgIpc) is 2.89. The summed E-state index contributed by atoms with van der Waals surface area (Å²) in [6.07, 6.45) is 0.763. The molecule has 0 bridgehead atoms. The number of hydrogen-bond acceptors (Lipinski definition) is 2. The van der Waals surface area contributed by atoms with Gasteiger partial charge in [0, 0.05) is 17.9 Å². The highest BCUT2D eigenvalue weighted by molar-refractivity contribution is 5.82. The SMILES string of the molecule is CC(C)[C@H]1CO[C@]2(c3ccccc3)C[C@@H](C)C(=O)N12. The van der Waals surface area contributed by atoms with Gasteiger partial charge in [0.1, 0.15) is 0 Å². The fourth-order valence-corrected chi connectivity index (χ4v) is 3.40. The molecule has 1 amide bonds. The highest BCUT2D eigenvalue weighted by Gasteiger charge is 2.58. The van der Waals surface area contributed by atoms with Gasteiger partial charge in [-0.25, -0.2) is 0 Å². The molecule has 0 radical (unpaired) electrons. The minimum atomic E-state index is -0.521. The van der Waals surface area contributed by atoms with Crippen molar-refractivity contribution in [2.45, 2.75) is 39.0 Å². The Kier molecular flexibility index (Phi) is 2.90. The molecule has 0 unspecified atom stereocenters. The Balaban J connectivity index is 2.07. The number of fused-ring (bicyclic) bond motifs is 1. The molecule has 102 valence electrons. The summed E-state index contributed by atoms with van der Waals surface area (Å²) in [6, 6.07) is 10.4. The summed E-state index contributed by atoms with van der Waals surface area (Å²) in [5.74, 6) is 0.696. The van der Waals surface area contributed by atoms with Gasteiger partial charge < -0.3 is 9.64 Å². The lowest BCUT2D eigenvalue weighted by atomic mass is 9.96. The predicted molar refractivity (Wildman–Crippen MR) is 73.3 cm³/mol. The lowest BCUT2D eigenvalue weighted by Gasteiger charge is -2.34. The summed E-state index contributed by atoms with van der Waals surface area (Å²) in [4.78, 5) is 14.5. The Labute approximate surface area is 114 Å². The highest BCUT2D eigenvalue weighted by Crippen LogP contribution is 2.49. The summed E-state index contributed by atoms with van der Waals surface area (Å²) in [5, 5.41) is 0. The second kappa shape index (κ2) is 4.34. The number of amides is 1. The van der Waals surface area contributed by atoms with E-state index in [1.807, 2.05) is 30.0 Å². The molecule has 2 fully saturated rings. The van der Waals surface area contributed by atoms with Crippen LogP contribution in [0.2, 0.25) is 0 Å².